The Bertz CT molecular complexity index is 1040. The van der Waals surface area contributed by atoms with E-state index in [0.717, 1.165) is 0 Å². The van der Waals surface area contributed by atoms with Gasteiger partial charge in [-0.25, -0.2) is 4.39 Å². The summed E-state index contributed by atoms with van der Waals surface area (Å²) in [7, 11) is 1.60. The third-order valence-corrected chi connectivity index (χ3v) is 5.81. The number of likely N-dealkylation sites (tertiary alicyclic amines) is 1. The molecule has 0 spiro atoms. The molecule has 188 valence electrons. The number of nitrogens with one attached hydrogen (secondary N) is 1. The molecule has 0 radical (unpaired) electrons. The number of amides is 3. The van der Waals surface area contributed by atoms with Crippen molar-refractivity contribution in [2.45, 2.75) is 26.7 Å². The van der Waals surface area contributed by atoms with Gasteiger partial charge in [0.25, 0.3) is 5.91 Å². The smallest absolute Gasteiger partial charge is 0.253 e. The second-order valence-corrected chi connectivity index (χ2v) is 8.34. The molecule has 1 saturated heterocycles. The predicted molar refractivity (Wildman–Crippen MR) is 130 cm³/mol. The van der Waals surface area contributed by atoms with Gasteiger partial charge in [0, 0.05) is 43.4 Å². The van der Waals surface area contributed by atoms with Gasteiger partial charge in [0.1, 0.15) is 5.82 Å². The maximum absolute atomic E-state index is 13.1. The number of nitrogens with zero attached hydrogens (tertiary/aromatic N) is 2. The van der Waals surface area contributed by atoms with Crippen molar-refractivity contribution >= 4 is 23.4 Å². The highest BCUT2D eigenvalue weighted by molar-refractivity contribution is 5.96. The molecule has 0 aliphatic carbocycles. The maximum atomic E-state index is 13.1. The van der Waals surface area contributed by atoms with Gasteiger partial charge in [-0.3, -0.25) is 14.4 Å². The van der Waals surface area contributed by atoms with Crippen LogP contribution in [-0.4, -0.2) is 67.4 Å². The Kier molecular flexibility index (Phi) is 9.05. The van der Waals surface area contributed by atoms with Crippen LogP contribution in [0.15, 0.2) is 42.5 Å². The van der Waals surface area contributed by atoms with Gasteiger partial charge in [0.05, 0.1) is 19.8 Å². The molecule has 2 aromatic carbocycles. The second-order valence-electron chi connectivity index (χ2n) is 8.34. The van der Waals surface area contributed by atoms with Crippen molar-refractivity contribution < 1.29 is 28.2 Å². The van der Waals surface area contributed by atoms with Crippen LogP contribution in [0.1, 0.15) is 37.0 Å². The van der Waals surface area contributed by atoms with E-state index < -0.39 is 5.82 Å². The van der Waals surface area contributed by atoms with Gasteiger partial charge >= 0.3 is 0 Å². The average molecular weight is 486 g/mol. The molecular weight excluding hydrogens is 453 g/mol. The summed E-state index contributed by atoms with van der Waals surface area (Å²) in [5.41, 5.74) is 0.974. The number of likely N-dealkylation sites (N-methyl/N-ethyl adjacent to an activating group) is 1. The molecule has 0 atom stereocenters. The molecule has 1 N–H and O–H groups in total. The monoisotopic (exact) mass is 485 g/mol. The molecule has 0 saturated carbocycles. The first-order valence-corrected chi connectivity index (χ1v) is 11.8. The van der Waals surface area contributed by atoms with Crippen LogP contribution in [0.2, 0.25) is 0 Å². The molecule has 35 heavy (non-hydrogen) atoms. The largest absolute Gasteiger partial charge is 0.490 e. The van der Waals surface area contributed by atoms with E-state index in [1.165, 1.54) is 29.2 Å². The minimum absolute atomic E-state index is 0.0925. The normalized spacial score (nSPS) is 13.8. The lowest BCUT2D eigenvalue weighted by Gasteiger charge is -2.33. The first-order valence-electron chi connectivity index (χ1n) is 11.8. The van der Waals surface area contributed by atoms with Crippen LogP contribution in [0, 0.1) is 11.7 Å². The lowest BCUT2D eigenvalue weighted by molar-refractivity contribution is -0.138. The van der Waals surface area contributed by atoms with Crippen LogP contribution in [-0.2, 0) is 9.59 Å². The summed E-state index contributed by atoms with van der Waals surface area (Å²) < 4.78 is 24.2. The summed E-state index contributed by atoms with van der Waals surface area (Å²) in [4.78, 5) is 41.1. The summed E-state index contributed by atoms with van der Waals surface area (Å²) in [5, 5.41) is 2.79. The molecule has 8 nitrogen and oxygen atoms in total. The summed E-state index contributed by atoms with van der Waals surface area (Å²) in [5.74, 6) is -0.143. The minimum atomic E-state index is -0.393. The number of piperidine rings is 1. The van der Waals surface area contributed by atoms with Gasteiger partial charge in [-0.05, 0) is 63.1 Å². The van der Waals surface area contributed by atoms with E-state index in [9.17, 15) is 18.8 Å². The van der Waals surface area contributed by atoms with Crippen molar-refractivity contribution in [2.75, 3.05) is 45.2 Å². The molecule has 2 aromatic rings. The van der Waals surface area contributed by atoms with Crippen molar-refractivity contribution in [3.8, 4) is 11.5 Å². The van der Waals surface area contributed by atoms with Crippen molar-refractivity contribution in [1.29, 1.82) is 0 Å². The summed E-state index contributed by atoms with van der Waals surface area (Å²) in [6.07, 6.45) is 1.02. The number of carbonyl (C=O) groups is 3. The predicted octanol–water partition coefficient (Wildman–Crippen LogP) is 3.57. The number of hydrogen-bond donors (Lipinski definition) is 1. The number of carbonyl (C=O) groups excluding carboxylic acids is 3. The lowest BCUT2D eigenvalue weighted by Crippen LogP contribution is -2.45. The summed E-state index contributed by atoms with van der Waals surface area (Å²) in [6.45, 7) is 5.47. The number of anilines is 1. The zero-order chi connectivity index (χ0) is 25.4. The fraction of sp³-hybridized carbons (Fsp3) is 0.423. The van der Waals surface area contributed by atoms with E-state index in [1.54, 1.807) is 30.1 Å². The lowest BCUT2D eigenvalue weighted by atomic mass is 9.95. The van der Waals surface area contributed by atoms with Gasteiger partial charge in [-0.15, -0.1) is 0 Å². The topological polar surface area (TPSA) is 88.2 Å². The van der Waals surface area contributed by atoms with Gasteiger partial charge < -0.3 is 24.6 Å². The van der Waals surface area contributed by atoms with Crippen molar-refractivity contribution in [3.05, 3.63) is 53.8 Å². The highest BCUT2D eigenvalue weighted by atomic mass is 19.1. The molecule has 1 heterocycles. The maximum Gasteiger partial charge on any atom is 0.253 e. The Balaban J connectivity index is 1.50. The molecule has 9 heteroatoms. The first-order chi connectivity index (χ1) is 16.8. The van der Waals surface area contributed by atoms with E-state index in [0.29, 0.717) is 61.9 Å². The third kappa shape index (κ3) is 6.94. The summed E-state index contributed by atoms with van der Waals surface area (Å²) >= 11 is 0. The molecule has 0 aromatic heterocycles. The standard InChI is InChI=1S/C26H32FN3O5/c1-4-34-22-11-10-21(16-23(22)35-5-2)28-24(31)17-29(3)25(32)19-12-14-30(15-13-19)26(33)18-6-8-20(27)9-7-18/h6-11,16,19H,4-5,12-15,17H2,1-3H3,(H,28,31). The van der Waals surface area contributed by atoms with E-state index in [4.69, 9.17) is 9.47 Å². The van der Waals surface area contributed by atoms with Crippen LogP contribution in [0.4, 0.5) is 10.1 Å². The van der Waals surface area contributed by atoms with Gasteiger partial charge in [-0.1, -0.05) is 0 Å². The van der Waals surface area contributed by atoms with Gasteiger partial charge in [0.15, 0.2) is 11.5 Å². The van der Waals surface area contributed by atoms with Crippen LogP contribution in [0.5, 0.6) is 11.5 Å². The van der Waals surface area contributed by atoms with Crippen LogP contribution < -0.4 is 14.8 Å². The Morgan fingerprint density at radius 2 is 1.63 bits per heavy atom. The van der Waals surface area contributed by atoms with E-state index >= 15 is 0 Å². The number of rotatable bonds is 9. The quantitative estimate of drug-likeness (QED) is 0.587. The van der Waals surface area contributed by atoms with Crippen LogP contribution in [0.3, 0.4) is 0 Å². The zero-order valence-corrected chi connectivity index (χ0v) is 20.4. The summed E-state index contributed by atoms with van der Waals surface area (Å²) in [6, 6.07) is 10.6. The fourth-order valence-electron chi connectivity index (χ4n) is 4.04. The van der Waals surface area contributed by atoms with E-state index in [1.807, 2.05) is 13.8 Å². The molecule has 3 rings (SSSR count). The van der Waals surface area contributed by atoms with Crippen LogP contribution in [0.25, 0.3) is 0 Å². The highest BCUT2D eigenvalue weighted by Crippen LogP contribution is 2.30. The Morgan fingerprint density at radius 3 is 2.26 bits per heavy atom. The van der Waals surface area contributed by atoms with Crippen molar-refractivity contribution in [3.63, 3.8) is 0 Å². The van der Waals surface area contributed by atoms with E-state index in [2.05, 4.69) is 5.32 Å². The van der Waals surface area contributed by atoms with Crippen molar-refractivity contribution in [1.82, 2.24) is 9.80 Å². The molecule has 1 fully saturated rings. The Morgan fingerprint density at radius 1 is 1.00 bits per heavy atom. The second kappa shape index (κ2) is 12.2. The molecule has 3 amide bonds. The Labute approximate surface area is 205 Å². The van der Waals surface area contributed by atoms with Crippen LogP contribution >= 0.6 is 0 Å². The zero-order valence-electron chi connectivity index (χ0n) is 20.4. The minimum Gasteiger partial charge on any atom is -0.490 e. The average Bonchev–Trinajstić information content (AvgIpc) is 2.85. The van der Waals surface area contributed by atoms with E-state index in [-0.39, 0.29) is 30.2 Å². The molecule has 1 aliphatic rings. The molecule has 0 bridgehead atoms. The van der Waals surface area contributed by atoms with Gasteiger partial charge in [0.2, 0.25) is 11.8 Å². The number of halogens is 1. The molecule has 0 unspecified atom stereocenters. The third-order valence-electron chi connectivity index (χ3n) is 5.81. The fourth-order valence-corrected chi connectivity index (χ4v) is 4.04. The molecular formula is C26H32FN3O5. The SMILES string of the molecule is CCOc1ccc(NC(=O)CN(C)C(=O)C2CCN(C(=O)c3ccc(F)cc3)CC2)cc1OCC. The number of benzene rings is 2. The molecule has 1 aliphatic heterocycles. The Hall–Kier alpha value is -3.62. The van der Waals surface area contributed by atoms with Crippen molar-refractivity contribution in [2.24, 2.45) is 5.92 Å². The highest BCUT2D eigenvalue weighted by Gasteiger charge is 2.30. The van der Waals surface area contributed by atoms with Gasteiger partial charge in [-0.2, -0.15) is 0 Å². The number of hydrogen-bond acceptors (Lipinski definition) is 5. The first kappa shape index (κ1) is 26.0. The number of ether oxygens (including phenoxy) is 2.